The van der Waals surface area contributed by atoms with Crippen LogP contribution in [0.2, 0.25) is 0 Å². The van der Waals surface area contributed by atoms with Crippen LogP contribution in [0.3, 0.4) is 0 Å². The number of benzene rings is 1. The van der Waals surface area contributed by atoms with Gasteiger partial charge >= 0.3 is 0 Å². The first-order valence-electron chi connectivity index (χ1n) is 7.34. The van der Waals surface area contributed by atoms with Crippen LogP contribution in [0.25, 0.3) is 0 Å². The Hall–Kier alpha value is -1.22. The third-order valence-electron chi connectivity index (χ3n) is 4.04. The van der Waals surface area contributed by atoms with Crippen molar-refractivity contribution in [2.45, 2.75) is 44.8 Å². The maximum Gasteiger partial charge on any atom is 0.162 e. The molecule has 1 unspecified atom stereocenters. The third kappa shape index (κ3) is 2.71. The molecule has 0 spiro atoms. The lowest BCUT2D eigenvalue weighted by Gasteiger charge is -2.35. The Morgan fingerprint density at radius 2 is 1.89 bits per heavy atom. The Morgan fingerprint density at radius 3 is 2.68 bits per heavy atom. The van der Waals surface area contributed by atoms with Crippen LogP contribution in [0.4, 0.5) is 0 Å². The third-order valence-corrected chi connectivity index (χ3v) is 4.04. The molecular weight excluding hydrogens is 238 g/mol. The van der Waals surface area contributed by atoms with Gasteiger partial charge in [0.25, 0.3) is 0 Å². The van der Waals surface area contributed by atoms with Gasteiger partial charge in [-0.2, -0.15) is 0 Å². The van der Waals surface area contributed by atoms with Crippen molar-refractivity contribution >= 4 is 0 Å². The summed E-state index contributed by atoms with van der Waals surface area (Å²) in [6, 6.07) is 8.06. The molecule has 0 aliphatic carbocycles. The van der Waals surface area contributed by atoms with Crippen LogP contribution >= 0.6 is 0 Å². The van der Waals surface area contributed by atoms with Crippen molar-refractivity contribution in [1.82, 2.24) is 4.90 Å². The summed E-state index contributed by atoms with van der Waals surface area (Å²) in [6.45, 7) is 7.57. The van der Waals surface area contributed by atoms with Gasteiger partial charge in [-0.3, -0.25) is 4.90 Å². The van der Waals surface area contributed by atoms with E-state index in [9.17, 15) is 0 Å². The van der Waals surface area contributed by atoms with Gasteiger partial charge in [-0.25, -0.2) is 0 Å². The molecule has 19 heavy (non-hydrogen) atoms. The van der Waals surface area contributed by atoms with E-state index in [4.69, 9.17) is 9.47 Å². The molecule has 0 aromatic heterocycles. The van der Waals surface area contributed by atoms with Crippen molar-refractivity contribution in [1.29, 1.82) is 0 Å². The molecular formula is C16H23NO2. The highest BCUT2D eigenvalue weighted by atomic mass is 16.5. The number of hydrogen-bond acceptors (Lipinski definition) is 3. The summed E-state index contributed by atoms with van der Waals surface area (Å²) in [5, 5.41) is 0. The highest BCUT2D eigenvalue weighted by Crippen LogP contribution is 2.39. The second-order valence-corrected chi connectivity index (χ2v) is 6.03. The van der Waals surface area contributed by atoms with Crippen molar-refractivity contribution in [3.63, 3.8) is 0 Å². The molecule has 3 heteroatoms. The maximum absolute atomic E-state index is 6.40. The zero-order chi connectivity index (χ0) is 13.3. The van der Waals surface area contributed by atoms with E-state index in [0.717, 1.165) is 24.5 Å². The normalized spacial score (nSPS) is 29.5. The SMILES string of the molecule is CC(C)Oc1ccccc1O[C@@]12CCCN(CC1)C2. The topological polar surface area (TPSA) is 21.7 Å². The molecule has 1 aromatic rings. The number of hydrogen-bond donors (Lipinski definition) is 0. The van der Waals surface area contributed by atoms with E-state index < -0.39 is 0 Å². The Kier molecular flexibility index (Phi) is 3.40. The number of nitrogens with zero attached hydrogens (tertiary/aromatic N) is 1. The molecule has 1 aromatic carbocycles. The number of piperidine rings is 1. The molecule has 0 saturated carbocycles. The Bertz CT molecular complexity index is 442. The van der Waals surface area contributed by atoms with Gasteiger partial charge in [0.15, 0.2) is 11.5 Å². The van der Waals surface area contributed by atoms with Crippen molar-refractivity contribution < 1.29 is 9.47 Å². The van der Waals surface area contributed by atoms with E-state index in [1.165, 1.54) is 25.9 Å². The predicted molar refractivity (Wildman–Crippen MR) is 75.9 cm³/mol. The molecule has 2 saturated heterocycles. The van der Waals surface area contributed by atoms with Crippen molar-refractivity contribution in [3.8, 4) is 11.5 Å². The molecule has 2 atom stereocenters. The number of fused-ring (bicyclic) bond motifs is 2. The first-order valence-corrected chi connectivity index (χ1v) is 7.34. The fourth-order valence-corrected chi connectivity index (χ4v) is 3.20. The molecule has 3 rings (SSSR count). The highest BCUT2D eigenvalue weighted by Gasteiger charge is 2.43. The molecule has 2 fully saturated rings. The van der Waals surface area contributed by atoms with Gasteiger partial charge in [0.05, 0.1) is 6.10 Å². The minimum absolute atomic E-state index is 0.0225. The Balaban J connectivity index is 1.79. The van der Waals surface area contributed by atoms with E-state index in [1.807, 2.05) is 38.1 Å². The molecule has 0 radical (unpaired) electrons. The molecule has 2 bridgehead atoms. The van der Waals surface area contributed by atoms with Crippen LogP contribution in [0.1, 0.15) is 33.1 Å². The molecule has 3 nitrogen and oxygen atoms in total. The van der Waals surface area contributed by atoms with E-state index >= 15 is 0 Å². The monoisotopic (exact) mass is 261 g/mol. The van der Waals surface area contributed by atoms with Crippen LogP contribution in [0.5, 0.6) is 11.5 Å². The number of rotatable bonds is 4. The van der Waals surface area contributed by atoms with Crippen LogP contribution in [0.15, 0.2) is 24.3 Å². The largest absolute Gasteiger partial charge is 0.487 e. The predicted octanol–water partition coefficient (Wildman–Crippen LogP) is 3.09. The van der Waals surface area contributed by atoms with Gasteiger partial charge in [0.1, 0.15) is 5.60 Å². The fourth-order valence-electron chi connectivity index (χ4n) is 3.20. The lowest BCUT2D eigenvalue weighted by atomic mass is 9.94. The summed E-state index contributed by atoms with van der Waals surface area (Å²) in [4.78, 5) is 2.51. The van der Waals surface area contributed by atoms with Gasteiger partial charge in [0, 0.05) is 19.5 Å². The first kappa shape index (κ1) is 12.8. The summed E-state index contributed by atoms with van der Waals surface area (Å²) in [5.74, 6) is 1.77. The van der Waals surface area contributed by atoms with E-state index in [-0.39, 0.29) is 11.7 Å². The average Bonchev–Trinajstić information content (AvgIpc) is 2.66. The van der Waals surface area contributed by atoms with Gasteiger partial charge in [-0.15, -0.1) is 0 Å². The highest BCUT2D eigenvalue weighted by molar-refractivity contribution is 5.40. The van der Waals surface area contributed by atoms with Crippen LogP contribution in [-0.2, 0) is 0 Å². The quantitative estimate of drug-likeness (QED) is 0.831. The Morgan fingerprint density at radius 1 is 1.11 bits per heavy atom. The minimum Gasteiger partial charge on any atom is -0.487 e. The smallest absolute Gasteiger partial charge is 0.162 e. The van der Waals surface area contributed by atoms with Gasteiger partial charge < -0.3 is 9.47 Å². The van der Waals surface area contributed by atoms with Gasteiger partial charge in [-0.05, 0) is 45.4 Å². The van der Waals surface area contributed by atoms with Crippen molar-refractivity contribution in [2.24, 2.45) is 0 Å². The first-order chi connectivity index (χ1) is 9.17. The van der Waals surface area contributed by atoms with Crippen LogP contribution in [0, 0.1) is 0 Å². The summed E-state index contributed by atoms with van der Waals surface area (Å²) < 4.78 is 12.3. The second kappa shape index (κ2) is 5.04. The zero-order valence-corrected chi connectivity index (χ0v) is 11.9. The Labute approximate surface area is 115 Å². The average molecular weight is 261 g/mol. The summed E-state index contributed by atoms with van der Waals surface area (Å²) >= 11 is 0. The van der Waals surface area contributed by atoms with Crippen LogP contribution < -0.4 is 9.47 Å². The summed E-state index contributed by atoms with van der Waals surface area (Å²) in [7, 11) is 0. The molecule has 2 aliphatic rings. The fraction of sp³-hybridized carbons (Fsp3) is 0.625. The van der Waals surface area contributed by atoms with E-state index in [0.29, 0.717) is 0 Å². The summed E-state index contributed by atoms with van der Waals surface area (Å²) in [5.41, 5.74) is 0.0225. The zero-order valence-electron chi connectivity index (χ0n) is 11.9. The van der Waals surface area contributed by atoms with Crippen LogP contribution in [-0.4, -0.2) is 36.2 Å². The second-order valence-electron chi connectivity index (χ2n) is 6.03. The molecule has 2 heterocycles. The van der Waals surface area contributed by atoms with Crippen molar-refractivity contribution in [3.05, 3.63) is 24.3 Å². The molecule has 0 amide bonds. The molecule has 104 valence electrons. The lowest BCUT2D eigenvalue weighted by molar-refractivity contribution is 0.0409. The lowest BCUT2D eigenvalue weighted by Crippen LogP contribution is -2.43. The van der Waals surface area contributed by atoms with E-state index in [2.05, 4.69) is 4.90 Å². The number of para-hydroxylation sites is 2. The van der Waals surface area contributed by atoms with Crippen molar-refractivity contribution in [2.75, 3.05) is 19.6 Å². The van der Waals surface area contributed by atoms with Gasteiger partial charge in [0.2, 0.25) is 0 Å². The minimum atomic E-state index is 0.0225. The van der Waals surface area contributed by atoms with Gasteiger partial charge in [-0.1, -0.05) is 12.1 Å². The maximum atomic E-state index is 6.40. The number of ether oxygens (including phenoxy) is 2. The molecule has 2 aliphatic heterocycles. The standard InChI is InChI=1S/C16H23NO2/c1-13(2)18-14-6-3-4-7-15(14)19-16-8-5-10-17(12-16)11-9-16/h3-4,6-7,13H,5,8-12H2,1-2H3/t16-/m0/s1. The molecule has 0 N–H and O–H groups in total. The summed E-state index contributed by atoms with van der Waals surface area (Å²) in [6.07, 6.45) is 3.73. The van der Waals surface area contributed by atoms with E-state index in [1.54, 1.807) is 0 Å².